The molecule has 2 aromatic rings. The van der Waals surface area contributed by atoms with Crippen molar-refractivity contribution in [3.8, 4) is 0 Å². The fourth-order valence-electron chi connectivity index (χ4n) is 2.03. The molecule has 0 saturated carbocycles. The fourth-order valence-corrected chi connectivity index (χ4v) is 2.03. The molecule has 15 heteroatoms. The van der Waals surface area contributed by atoms with Crippen LogP contribution in [0.15, 0.2) is 30.6 Å². The average Bonchev–Trinajstić information content (AvgIpc) is 3.02. The lowest BCUT2D eigenvalue weighted by Crippen LogP contribution is -2.39. The monoisotopic (exact) mass is 441 g/mol. The summed E-state index contributed by atoms with van der Waals surface area (Å²) in [6.07, 6.45) is -16.6. The predicted octanol–water partition coefficient (Wildman–Crippen LogP) is 5.28. The number of rotatable bonds is 3. The van der Waals surface area contributed by atoms with E-state index in [0.717, 1.165) is 0 Å². The molecule has 0 spiro atoms. The van der Waals surface area contributed by atoms with Gasteiger partial charge in [-0.25, -0.2) is 4.68 Å². The summed E-state index contributed by atoms with van der Waals surface area (Å²) in [7, 11) is 0. The van der Waals surface area contributed by atoms with Crippen LogP contribution in [0.4, 0.5) is 54.0 Å². The molecule has 0 unspecified atom stereocenters. The zero-order chi connectivity index (χ0) is 22.4. The third kappa shape index (κ3) is 4.59. The maximum absolute atomic E-state index is 13.1. The summed E-state index contributed by atoms with van der Waals surface area (Å²) in [5.74, 6) is -1.48. The first kappa shape index (κ1) is 22.4. The van der Waals surface area contributed by atoms with Crippen LogP contribution in [0.2, 0.25) is 0 Å². The lowest BCUT2D eigenvalue weighted by molar-refractivity contribution is -0.328. The van der Waals surface area contributed by atoms with E-state index in [4.69, 9.17) is 0 Å². The van der Waals surface area contributed by atoms with Crippen LogP contribution in [0, 0.1) is 0 Å². The predicted molar refractivity (Wildman–Crippen MR) is 72.9 cm³/mol. The molecular formula is C14H6F11N3O. The topological polar surface area (TPSA) is 46.9 Å². The number of aromatic nitrogens is 2. The van der Waals surface area contributed by atoms with Crippen LogP contribution in [-0.2, 0) is 18.4 Å². The molecule has 160 valence electrons. The van der Waals surface area contributed by atoms with E-state index in [0.29, 0.717) is 6.07 Å². The maximum atomic E-state index is 13.1. The van der Waals surface area contributed by atoms with Gasteiger partial charge in [-0.1, -0.05) is 0 Å². The van der Waals surface area contributed by atoms with Crippen molar-refractivity contribution in [3.63, 3.8) is 0 Å². The Morgan fingerprint density at radius 1 is 0.862 bits per heavy atom. The first-order valence-corrected chi connectivity index (χ1v) is 7.04. The number of nitrogens with one attached hydrogen (secondary N) is 1. The van der Waals surface area contributed by atoms with Crippen LogP contribution in [-0.4, -0.2) is 21.9 Å². The minimum Gasteiger partial charge on any atom is -0.322 e. The van der Waals surface area contributed by atoms with Gasteiger partial charge in [0.25, 0.3) is 5.91 Å². The molecule has 0 radical (unpaired) electrons. The lowest BCUT2D eigenvalue weighted by atomic mass is 10.1. The number of carbonyl (C=O) groups is 1. The summed E-state index contributed by atoms with van der Waals surface area (Å²) in [5, 5.41) is 4.34. The largest absolute Gasteiger partial charge is 0.477 e. The molecule has 4 nitrogen and oxygen atoms in total. The van der Waals surface area contributed by atoms with E-state index >= 15 is 0 Å². The SMILES string of the molecule is O=C(Nc1ccc(C(F)(F)F)c(C(F)(F)F)c1)c1cnn(C(F)(F)C(F)(F)F)c1. The van der Waals surface area contributed by atoms with Crippen molar-refractivity contribution in [1.29, 1.82) is 0 Å². The standard InChI is InChI=1S/C14H6F11N3O/c15-11(16,17)8-2-1-7(3-9(8)12(18,19)20)27-10(29)6-4-26-28(5-6)14(24,25)13(21,22)23/h1-5H,(H,27,29). The number of hydrogen-bond donors (Lipinski definition) is 1. The van der Waals surface area contributed by atoms with Crippen molar-refractivity contribution in [1.82, 2.24) is 9.78 Å². The normalized spacial score (nSPS) is 13.5. The second-order valence-electron chi connectivity index (χ2n) is 5.42. The van der Waals surface area contributed by atoms with Gasteiger partial charge in [-0.15, -0.1) is 0 Å². The Kier molecular flexibility index (Phi) is 5.32. The molecule has 0 atom stereocenters. The minimum absolute atomic E-state index is 0.0274. The van der Waals surface area contributed by atoms with Crippen molar-refractivity contribution in [2.24, 2.45) is 0 Å². The number of benzene rings is 1. The highest BCUT2D eigenvalue weighted by atomic mass is 19.4. The van der Waals surface area contributed by atoms with Gasteiger partial charge in [-0.05, 0) is 18.2 Å². The Morgan fingerprint density at radius 2 is 1.41 bits per heavy atom. The quantitative estimate of drug-likeness (QED) is 0.659. The van der Waals surface area contributed by atoms with Crippen LogP contribution in [0.5, 0.6) is 0 Å². The maximum Gasteiger partial charge on any atom is 0.477 e. The van der Waals surface area contributed by atoms with Gasteiger partial charge in [-0.2, -0.15) is 53.4 Å². The van der Waals surface area contributed by atoms with E-state index in [1.807, 2.05) is 0 Å². The molecule has 0 aliphatic rings. The van der Waals surface area contributed by atoms with E-state index in [9.17, 15) is 53.1 Å². The zero-order valence-electron chi connectivity index (χ0n) is 13.3. The molecule has 29 heavy (non-hydrogen) atoms. The molecule has 2 rings (SSSR count). The van der Waals surface area contributed by atoms with E-state index in [2.05, 4.69) is 5.10 Å². The van der Waals surface area contributed by atoms with Gasteiger partial charge >= 0.3 is 24.6 Å². The highest BCUT2D eigenvalue weighted by Crippen LogP contribution is 2.42. The summed E-state index contributed by atoms with van der Waals surface area (Å²) < 4.78 is 139. The van der Waals surface area contributed by atoms with Gasteiger partial charge in [-0.3, -0.25) is 4.79 Å². The average molecular weight is 441 g/mol. The van der Waals surface area contributed by atoms with Gasteiger partial charge in [0, 0.05) is 11.9 Å². The number of hydrogen-bond acceptors (Lipinski definition) is 2. The summed E-state index contributed by atoms with van der Waals surface area (Å²) in [5.41, 5.74) is -5.91. The summed E-state index contributed by atoms with van der Waals surface area (Å²) >= 11 is 0. The van der Waals surface area contributed by atoms with Crippen molar-refractivity contribution in [3.05, 3.63) is 47.3 Å². The number of amides is 1. The van der Waals surface area contributed by atoms with Crippen LogP contribution < -0.4 is 5.32 Å². The molecule has 0 aliphatic carbocycles. The first-order valence-electron chi connectivity index (χ1n) is 7.04. The van der Waals surface area contributed by atoms with Crippen molar-refractivity contribution < 1.29 is 53.1 Å². The highest BCUT2D eigenvalue weighted by Gasteiger charge is 2.60. The van der Waals surface area contributed by atoms with Gasteiger partial charge in [0.05, 0.1) is 22.9 Å². The van der Waals surface area contributed by atoms with Crippen molar-refractivity contribution in [2.75, 3.05) is 5.32 Å². The van der Waals surface area contributed by atoms with Gasteiger partial charge in [0.2, 0.25) is 0 Å². The molecular weight excluding hydrogens is 435 g/mol. The number of nitrogens with zero attached hydrogens (tertiary/aromatic N) is 2. The Balaban J connectivity index is 2.33. The first-order chi connectivity index (χ1) is 12.9. The molecule has 1 aromatic heterocycles. The van der Waals surface area contributed by atoms with E-state index < -0.39 is 57.5 Å². The Bertz CT molecular complexity index is 909. The van der Waals surface area contributed by atoms with Gasteiger partial charge < -0.3 is 5.32 Å². The Hall–Kier alpha value is -2.87. The molecule has 1 aromatic carbocycles. The fraction of sp³-hybridized carbons (Fsp3) is 0.286. The molecule has 0 saturated heterocycles. The van der Waals surface area contributed by atoms with Crippen LogP contribution >= 0.6 is 0 Å². The Morgan fingerprint density at radius 3 is 1.90 bits per heavy atom. The highest BCUT2D eigenvalue weighted by molar-refractivity contribution is 6.04. The third-order valence-corrected chi connectivity index (χ3v) is 3.36. The van der Waals surface area contributed by atoms with E-state index in [1.54, 1.807) is 5.32 Å². The minimum atomic E-state index is -6.05. The second-order valence-corrected chi connectivity index (χ2v) is 5.42. The molecule has 1 amide bonds. The van der Waals surface area contributed by atoms with E-state index in [1.165, 1.54) is 0 Å². The second kappa shape index (κ2) is 6.88. The third-order valence-electron chi connectivity index (χ3n) is 3.36. The molecule has 1 heterocycles. The van der Waals surface area contributed by atoms with E-state index in [-0.39, 0.29) is 24.5 Å². The molecule has 0 aliphatic heterocycles. The van der Waals surface area contributed by atoms with Gasteiger partial charge in [0.15, 0.2) is 0 Å². The molecule has 0 bridgehead atoms. The van der Waals surface area contributed by atoms with Crippen LogP contribution in [0.25, 0.3) is 0 Å². The molecule has 0 fully saturated rings. The molecule has 1 N–H and O–H groups in total. The van der Waals surface area contributed by atoms with Crippen LogP contribution in [0.1, 0.15) is 21.5 Å². The number of anilines is 1. The zero-order valence-corrected chi connectivity index (χ0v) is 13.3. The smallest absolute Gasteiger partial charge is 0.322 e. The summed E-state index contributed by atoms with van der Waals surface area (Å²) in [6.45, 7) is 0. The lowest BCUT2D eigenvalue weighted by Gasteiger charge is -2.19. The summed E-state index contributed by atoms with van der Waals surface area (Å²) in [4.78, 5) is 11.9. The van der Waals surface area contributed by atoms with Crippen molar-refractivity contribution in [2.45, 2.75) is 24.6 Å². The number of carbonyl (C=O) groups excluding carboxylic acids is 1. The summed E-state index contributed by atoms with van der Waals surface area (Å²) in [6, 6.07) is -5.07. The van der Waals surface area contributed by atoms with Crippen molar-refractivity contribution >= 4 is 11.6 Å². The van der Waals surface area contributed by atoms with Crippen LogP contribution in [0.3, 0.4) is 0 Å². The number of halogens is 11. The Labute approximate surface area is 152 Å². The number of alkyl halides is 11. The van der Waals surface area contributed by atoms with Gasteiger partial charge in [0.1, 0.15) is 0 Å².